The second-order valence-electron chi connectivity index (χ2n) is 2.32. The minimum Gasteiger partial charge on any atom is -0.330 e. The smallest absolute Gasteiger partial charge is 0.330 e. The Kier molecular flexibility index (Phi) is 2.43. The zero-order chi connectivity index (χ0) is 8.27. The van der Waals surface area contributed by atoms with Gasteiger partial charge in [-0.3, -0.25) is 9.51 Å². The lowest BCUT2D eigenvalue weighted by Gasteiger charge is -2.04. The third-order valence-electron chi connectivity index (χ3n) is 1.62. The first-order chi connectivity index (χ1) is 5.27. The SMILES string of the molecule is CCC(CN)c1noc(=O)[nH]1. The van der Waals surface area contributed by atoms with Crippen molar-refractivity contribution in [3.63, 3.8) is 0 Å². The van der Waals surface area contributed by atoms with Gasteiger partial charge in [0.2, 0.25) is 0 Å². The fourth-order valence-corrected chi connectivity index (χ4v) is 0.889. The molecule has 0 aliphatic heterocycles. The molecule has 1 unspecified atom stereocenters. The molecule has 11 heavy (non-hydrogen) atoms. The zero-order valence-corrected chi connectivity index (χ0v) is 6.33. The van der Waals surface area contributed by atoms with E-state index in [2.05, 4.69) is 14.7 Å². The van der Waals surface area contributed by atoms with Crippen LogP contribution in [-0.4, -0.2) is 16.7 Å². The topological polar surface area (TPSA) is 84.9 Å². The molecule has 3 N–H and O–H groups in total. The Hall–Kier alpha value is -1.10. The van der Waals surface area contributed by atoms with E-state index in [0.717, 1.165) is 6.42 Å². The average molecular weight is 157 g/mol. The molecule has 0 bridgehead atoms. The predicted octanol–water partition coefficient (Wildman–Crippen LogP) is -0.185. The summed E-state index contributed by atoms with van der Waals surface area (Å²) in [5.74, 6) is 0.119. The van der Waals surface area contributed by atoms with E-state index in [4.69, 9.17) is 5.73 Å². The van der Waals surface area contributed by atoms with Gasteiger partial charge in [0.1, 0.15) is 0 Å². The Bertz CT molecular complexity index is 261. The molecule has 1 rings (SSSR count). The molecular formula is C6H11N3O2. The van der Waals surface area contributed by atoms with Crippen LogP contribution in [0.5, 0.6) is 0 Å². The van der Waals surface area contributed by atoms with Gasteiger partial charge in [0.15, 0.2) is 5.82 Å². The average Bonchev–Trinajstić information content (AvgIpc) is 2.39. The second-order valence-corrected chi connectivity index (χ2v) is 2.32. The molecule has 0 aliphatic rings. The van der Waals surface area contributed by atoms with E-state index in [0.29, 0.717) is 12.4 Å². The quantitative estimate of drug-likeness (QED) is 0.637. The summed E-state index contributed by atoms with van der Waals surface area (Å²) in [5.41, 5.74) is 5.42. The normalized spacial score (nSPS) is 13.3. The summed E-state index contributed by atoms with van der Waals surface area (Å²) in [6.07, 6.45) is 0.846. The molecule has 1 aromatic rings. The van der Waals surface area contributed by atoms with Crippen molar-refractivity contribution in [1.29, 1.82) is 0 Å². The first kappa shape index (κ1) is 8.00. The minimum absolute atomic E-state index is 0.0986. The van der Waals surface area contributed by atoms with E-state index in [1.807, 2.05) is 6.92 Å². The molecule has 0 spiro atoms. The van der Waals surface area contributed by atoms with E-state index in [1.54, 1.807) is 0 Å². The van der Waals surface area contributed by atoms with Gasteiger partial charge in [-0.05, 0) is 6.42 Å². The van der Waals surface area contributed by atoms with E-state index in [-0.39, 0.29) is 5.92 Å². The molecule has 0 saturated heterocycles. The van der Waals surface area contributed by atoms with Gasteiger partial charge >= 0.3 is 5.76 Å². The first-order valence-electron chi connectivity index (χ1n) is 3.53. The van der Waals surface area contributed by atoms with E-state index < -0.39 is 5.76 Å². The number of aromatic nitrogens is 2. The van der Waals surface area contributed by atoms with Crippen LogP contribution in [0.25, 0.3) is 0 Å². The fourth-order valence-electron chi connectivity index (χ4n) is 0.889. The summed E-state index contributed by atoms with van der Waals surface area (Å²) in [7, 11) is 0. The van der Waals surface area contributed by atoms with Crippen molar-refractivity contribution in [3.8, 4) is 0 Å². The zero-order valence-electron chi connectivity index (χ0n) is 6.33. The van der Waals surface area contributed by atoms with Gasteiger partial charge in [0.25, 0.3) is 0 Å². The standard InChI is InChI=1S/C6H11N3O2/c1-2-4(3-7)5-8-6(10)11-9-5/h4H,2-3,7H2,1H3,(H,8,9,10). The third-order valence-corrected chi connectivity index (χ3v) is 1.62. The summed E-state index contributed by atoms with van der Waals surface area (Å²) in [5, 5.41) is 3.53. The number of hydrogen-bond donors (Lipinski definition) is 2. The van der Waals surface area contributed by atoms with Crippen LogP contribution in [0.1, 0.15) is 25.1 Å². The van der Waals surface area contributed by atoms with Crippen molar-refractivity contribution in [1.82, 2.24) is 10.1 Å². The minimum atomic E-state index is -0.521. The van der Waals surface area contributed by atoms with Crippen LogP contribution in [0, 0.1) is 0 Å². The lowest BCUT2D eigenvalue weighted by Crippen LogP contribution is -2.13. The van der Waals surface area contributed by atoms with Crippen LogP contribution in [0.4, 0.5) is 0 Å². The summed E-state index contributed by atoms with van der Waals surface area (Å²) >= 11 is 0. The first-order valence-corrected chi connectivity index (χ1v) is 3.53. The van der Waals surface area contributed by atoms with Gasteiger partial charge in [-0.2, -0.15) is 0 Å². The van der Waals surface area contributed by atoms with Crippen LogP contribution in [0.2, 0.25) is 0 Å². The highest BCUT2D eigenvalue weighted by atomic mass is 16.5. The predicted molar refractivity (Wildman–Crippen MR) is 39.2 cm³/mol. The molecule has 1 atom stereocenters. The highest BCUT2D eigenvalue weighted by Gasteiger charge is 2.11. The lowest BCUT2D eigenvalue weighted by molar-refractivity contribution is 0.376. The number of nitrogens with two attached hydrogens (primary N) is 1. The summed E-state index contributed by atoms with van der Waals surface area (Å²) in [6.45, 7) is 2.45. The Morgan fingerprint density at radius 1 is 1.82 bits per heavy atom. The Morgan fingerprint density at radius 2 is 2.55 bits per heavy atom. The van der Waals surface area contributed by atoms with Crippen molar-refractivity contribution in [3.05, 3.63) is 16.4 Å². The van der Waals surface area contributed by atoms with Crippen LogP contribution in [0.15, 0.2) is 9.32 Å². The molecule has 1 aromatic heterocycles. The highest BCUT2D eigenvalue weighted by molar-refractivity contribution is 4.91. The number of rotatable bonds is 3. The van der Waals surface area contributed by atoms with Gasteiger partial charge in [-0.25, -0.2) is 4.79 Å². The second kappa shape index (κ2) is 3.34. The Balaban J connectivity index is 2.81. The molecule has 5 heteroatoms. The molecule has 0 aromatic carbocycles. The maximum absolute atomic E-state index is 10.5. The number of nitrogens with one attached hydrogen (secondary N) is 1. The van der Waals surface area contributed by atoms with Crippen molar-refractivity contribution in [2.24, 2.45) is 5.73 Å². The van der Waals surface area contributed by atoms with Crippen molar-refractivity contribution in [2.75, 3.05) is 6.54 Å². The van der Waals surface area contributed by atoms with E-state index in [9.17, 15) is 4.79 Å². The summed E-state index contributed by atoms with van der Waals surface area (Å²) in [6, 6.07) is 0. The summed E-state index contributed by atoms with van der Waals surface area (Å²) < 4.78 is 4.33. The van der Waals surface area contributed by atoms with Gasteiger partial charge < -0.3 is 5.73 Å². The lowest BCUT2D eigenvalue weighted by atomic mass is 10.1. The summed E-state index contributed by atoms with van der Waals surface area (Å²) in [4.78, 5) is 13.0. The molecule has 62 valence electrons. The third kappa shape index (κ3) is 1.68. The van der Waals surface area contributed by atoms with Gasteiger partial charge in [-0.15, -0.1) is 0 Å². The maximum Gasteiger partial charge on any atom is 0.438 e. The van der Waals surface area contributed by atoms with Crippen LogP contribution >= 0.6 is 0 Å². The molecule has 0 radical (unpaired) electrons. The van der Waals surface area contributed by atoms with Crippen molar-refractivity contribution >= 4 is 0 Å². The van der Waals surface area contributed by atoms with Crippen molar-refractivity contribution < 1.29 is 4.52 Å². The van der Waals surface area contributed by atoms with Crippen molar-refractivity contribution in [2.45, 2.75) is 19.3 Å². The van der Waals surface area contributed by atoms with Gasteiger partial charge in [-0.1, -0.05) is 12.1 Å². The number of H-pyrrole nitrogens is 1. The van der Waals surface area contributed by atoms with Crippen LogP contribution in [0.3, 0.4) is 0 Å². The van der Waals surface area contributed by atoms with E-state index in [1.165, 1.54) is 0 Å². The Morgan fingerprint density at radius 3 is 2.91 bits per heavy atom. The Labute approximate surface area is 63.6 Å². The maximum atomic E-state index is 10.5. The molecule has 1 heterocycles. The van der Waals surface area contributed by atoms with Gasteiger partial charge in [0, 0.05) is 12.5 Å². The van der Waals surface area contributed by atoms with Crippen LogP contribution in [-0.2, 0) is 0 Å². The molecule has 5 nitrogen and oxygen atoms in total. The molecule has 0 aliphatic carbocycles. The van der Waals surface area contributed by atoms with Gasteiger partial charge in [0.05, 0.1) is 0 Å². The van der Waals surface area contributed by atoms with Crippen LogP contribution < -0.4 is 11.5 Å². The molecule has 0 fully saturated rings. The van der Waals surface area contributed by atoms with E-state index >= 15 is 0 Å². The highest BCUT2D eigenvalue weighted by Crippen LogP contribution is 2.10. The monoisotopic (exact) mass is 157 g/mol. The molecule has 0 amide bonds. The molecule has 0 saturated carbocycles. The number of aromatic amines is 1. The molecular weight excluding hydrogens is 146 g/mol. The fraction of sp³-hybridized carbons (Fsp3) is 0.667. The number of hydrogen-bond acceptors (Lipinski definition) is 4. The number of nitrogens with zero attached hydrogens (tertiary/aromatic N) is 1. The largest absolute Gasteiger partial charge is 0.438 e.